The molecule has 5 heteroatoms. The summed E-state index contributed by atoms with van der Waals surface area (Å²) in [5.41, 5.74) is 4.08. The third-order valence-electron chi connectivity index (χ3n) is 11.5. The Bertz CT molecular complexity index is 1150. The quantitative estimate of drug-likeness (QED) is 0.0291. The number of hydrogen-bond donors (Lipinski definition) is 2. The number of unbranched alkanes of at least 4 members (excludes halogenated alkanes) is 9. The standard InChI is InChI=1S/C46H78O5/c1-9-10-11-12-13-14-15-16-17-18-19-20-21-29-44(49)51-35-24-28-42-41(40(6)36-47)32-34-46(8,50)45(42,7)33-23-27-39(5)43(48)31-30-38(4)26-22-25-37(2)3/h12-13,25,27,30,36,42-43,48,50H,9-11,14-24,26,28-29,31-35H2,1-8H3/b13-12-,38-30+,39-27+,41-40+/t42-,43?,45+,46+/m1/s1. The average Bonchev–Trinajstić information content (AvgIpc) is 3.08. The molecule has 0 amide bonds. The zero-order valence-corrected chi connectivity index (χ0v) is 34.3. The van der Waals surface area contributed by atoms with E-state index in [9.17, 15) is 19.8 Å². The highest BCUT2D eigenvalue weighted by Gasteiger charge is 2.52. The molecule has 1 unspecified atom stereocenters. The fourth-order valence-electron chi connectivity index (χ4n) is 7.53. The number of aliphatic hydroxyl groups is 2. The van der Waals surface area contributed by atoms with Gasteiger partial charge in [-0.1, -0.05) is 106 Å². The minimum Gasteiger partial charge on any atom is -0.466 e. The first-order valence-corrected chi connectivity index (χ1v) is 20.6. The van der Waals surface area contributed by atoms with Crippen LogP contribution >= 0.6 is 0 Å². The molecule has 1 rings (SSSR count). The van der Waals surface area contributed by atoms with Crippen molar-refractivity contribution >= 4 is 12.3 Å². The van der Waals surface area contributed by atoms with E-state index in [1.807, 2.05) is 20.8 Å². The molecule has 0 aromatic rings. The second kappa shape index (κ2) is 26.5. The molecule has 1 fully saturated rings. The van der Waals surface area contributed by atoms with Crippen LogP contribution in [-0.4, -0.2) is 40.8 Å². The Kier molecular flexibility index (Phi) is 24.3. The minimum atomic E-state index is -0.905. The van der Waals surface area contributed by atoms with E-state index in [0.29, 0.717) is 38.7 Å². The van der Waals surface area contributed by atoms with Crippen LogP contribution in [0.1, 0.15) is 190 Å². The van der Waals surface area contributed by atoms with Gasteiger partial charge in [-0.15, -0.1) is 0 Å². The maximum atomic E-state index is 12.5. The van der Waals surface area contributed by atoms with Gasteiger partial charge in [-0.2, -0.15) is 0 Å². The molecule has 51 heavy (non-hydrogen) atoms. The van der Waals surface area contributed by atoms with Gasteiger partial charge in [0.15, 0.2) is 0 Å². The summed E-state index contributed by atoms with van der Waals surface area (Å²) in [6, 6.07) is 0. The van der Waals surface area contributed by atoms with Gasteiger partial charge in [0.1, 0.15) is 6.29 Å². The van der Waals surface area contributed by atoms with Crippen LogP contribution in [0.4, 0.5) is 0 Å². The SMILES string of the molecule is CCCC/C=C\CCCCCCCCCC(=O)OCCC[C@@H]1/C(=C(\C)C=O)CC[C@](C)(O)[C@@]1(C)CC/C=C(\C)C(O)C/C=C(\C)CCC=C(C)C. The molecular weight excluding hydrogens is 633 g/mol. The molecule has 0 aromatic heterocycles. The van der Waals surface area contributed by atoms with Crippen molar-refractivity contribution in [1.29, 1.82) is 0 Å². The third kappa shape index (κ3) is 18.9. The van der Waals surface area contributed by atoms with Gasteiger partial charge in [0, 0.05) is 11.8 Å². The van der Waals surface area contributed by atoms with E-state index in [4.69, 9.17) is 4.74 Å². The summed E-state index contributed by atoms with van der Waals surface area (Å²) in [5, 5.41) is 22.6. The predicted molar refractivity (Wildman–Crippen MR) is 217 cm³/mol. The van der Waals surface area contributed by atoms with Crippen LogP contribution in [0.15, 0.2) is 58.2 Å². The number of hydrogen-bond acceptors (Lipinski definition) is 5. The van der Waals surface area contributed by atoms with Gasteiger partial charge in [-0.25, -0.2) is 0 Å². The number of aldehydes is 1. The summed E-state index contributed by atoms with van der Waals surface area (Å²) in [4.78, 5) is 24.4. The monoisotopic (exact) mass is 711 g/mol. The highest BCUT2D eigenvalue weighted by molar-refractivity contribution is 5.74. The van der Waals surface area contributed by atoms with E-state index >= 15 is 0 Å². The summed E-state index contributed by atoms with van der Waals surface area (Å²) in [6.45, 7) is 16.9. The normalized spacial score (nSPS) is 23.0. The van der Waals surface area contributed by atoms with Crippen LogP contribution in [0.2, 0.25) is 0 Å². The first kappa shape index (κ1) is 46.8. The highest BCUT2D eigenvalue weighted by atomic mass is 16.5. The number of carbonyl (C=O) groups excluding carboxylic acids is 2. The number of aliphatic hydroxyl groups excluding tert-OH is 1. The molecule has 0 bridgehead atoms. The second-order valence-corrected chi connectivity index (χ2v) is 16.2. The van der Waals surface area contributed by atoms with Crippen molar-refractivity contribution in [3.8, 4) is 0 Å². The Morgan fingerprint density at radius 1 is 0.843 bits per heavy atom. The summed E-state index contributed by atoms with van der Waals surface area (Å²) >= 11 is 0. The van der Waals surface area contributed by atoms with Crippen LogP contribution in [0.25, 0.3) is 0 Å². The van der Waals surface area contributed by atoms with Crippen molar-refractivity contribution in [2.24, 2.45) is 11.3 Å². The Hall–Kier alpha value is -2.24. The van der Waals surface area contributed by atoms with Crippen molar-refractivity contribution in [3.05, 3.63) is 58.2 Å². The molecule has 5 nitrogen and oxygen atoms in total. The fraction of sp³-hybridized carbons (Fsp3) is 0.739. The minimum absolute atomic E-state index is 0.00671. The Balaban J connectivity index is 2.62. The lowest BCUT2D eigenvalue weighted by atomic mass is 9.54. The predicted octanol–water partition coefficient (Wildman–Crippen LogP) is 12.4. The van der Waals surface area contributed by atoms with Crippen molar-refractivity contribution in [1.82, 2.24) is 0 Å². The smallest absolute Gasteiger partial charge is 0.305 e. The lowest BCUT2D eigenvalue weighted by Gasteiger charge is -2.53. The van der Waals surface area contributed by atoms with Gasteiger partial charge in [0.05, 0.1) is 18.3 Å². The van der Waals surface area contributed by atoms with Crippen molar-refractivity contribution < 1.29 is 24.5 Å². The molecule has 1 saturated carbocycles. The molecule has 0 spiro atoms. The zero-order valence-electron chi connectivity index (χ0n) is 34.3. The van der Waals surface area contributed by atoms with Crippen LogP contribution in [-0.2, 0) is 14.3 Å². The van der Waals surface area contributed by atoms with Crippen LogP contribution in [0.3, 0.4) is 0 Å². The Morgan fingerprint density at radius 3 is 2.14 bits per heavy atom. The first-order valence-electron chi connectivity index (χ1n) is 20.6. The third-order valence-corrected chi connectivity index (χ3v) is 11.5. The highest BCUT2D eigenvalue weighted by Crippen LogP contribution is 2.55. The van der Waals surface area contributed by atoms with Crippen molar-refractivity contribution in [2.45, 2.75) is 202 Å². The van der Waals surface area contributed by atoms with Gasteiger partial charge < -0.3 is 14.9 Å². The molecule has 4 atom stereocenters. The number of ether oxygens (including phenoxy) is 1. The Labute approximate surface area is 314 Å². The summed E-state index contributed by atoms with van der Waals surface area (Å²) in [6.07, 6.45) is 32.0. The van der Waals surface area contributed by atoms with Crippen LogP contribution < -0.4 is 0 Å². The zero-order chi connectivity index (χ0) is 38.1. The van der Waals surface area contributed by atoms with Gasteiger partial charge in [-0.3, -0.25) is 9.59 Å². The average molecular weight is 711 g/mol. The summed E-state index contributed by atoms with van der Waals surface area (Å²) in [7, 11) is 0. The van der Waals surface area contributed by atoms with E-state index in [2.05, 4.69) is 65.0 Å². The Morgan fingerprint density at radius 2 is 1.49 bits per heavy atom. The van der Waals surface area contributed by atoms with E-state index in [1.165, 1.54) is 68.9 Å². The van der Waals surface area contributed by atoms with Crippen molar-refractivity contribution in [3.63, 3.8) is 0 Å². The van der Waals surface area contributed by atoms with E-state index in [-0.39, 0.29) is 11.9 Å². The molecule has 2 N–H and O–H groups in total. The molecule has 1 aliphatic rings. The maximum Gasteiger partial charge on any atom is 0.305 e. The lowest BCUT2D eigenvalue weighted by molar-refractivity contribution is -0.144. The molecule has 0 aromatic carbocycles. The fourth-order valence-corrected chi connectivity index (χ4v) is 7.53. The number of carbonyl (C=O) groups is 2. The maximum absolute atomic E-state index is 12.5. The summed E-state index contributed by atoms with van der Waals surface area (Å²) in [5.74, 6) is -0.118. The first-order chi connectivity index (χ1) is 24.3. The molecule has 0 aliphatic heterocycles. The molecule has 1 aliphatic carbocycles. The molecule has 0 saturated heterocycles. The molecular formula is C46H78O5. The molecule has 0 heterocycles. The summed E-state index contributed by atoms with van der Waals surface area (Å²) < 4.78 is 5.65. The second-order valence-electron chi connectivity index (χ2n) is 16.2. The van der Waals surface area contributed by atoms with Gasteiger partial charge in [-0.05, 0) is 142 Å². The largest absolute Gasteiger partial charge is 0.466 e. The van der Waals surface area contributed by atoms with E-state index in [1.54, 1.807) is 0 Å². The molecule has 292 valence electrons. The van der Waals surface area contributed by atoms with E-state index in [0.717, 1.165) is 68.0 Å². The lowest BCUT2D eigenvalue weighted by Crippen LogP contribution is -2.52. The van der Waals surface area contributed by atoms with E-state index < -0.39 is 17.1 Å². The molecule has 0 radical (unpaired) electrons. The number of rotatable bonds is 27. The topological polar surface area (TPSA) is 83.8 Å². The van der Waals surface area contributed by atoms with Gasteiger partial charge in [0.2, 0.25) is 0 Å². The number of allylic oxidation sites excluding steroid dienone is 8. The van der Waals surface area contributed by atoms with Gasteiger partial charge >= 0.3 is 5.97 Å². The van der Waals surface area contributed by atoms with Crippen molar-refractivity contribution in [2.75, 3.05) is 6.61 Å². The number of esters is 1. The van der Waals surface area contributed by atoms with Crippen LogP contribution in [0, 0.1) is 11.3 Å². The van der Waals surface area contributed by atoms with Crippen LogP contribution in [0.5, 0.6) is 0 Å². The van der Waals surface area contributed by atoms with Gasteiger partial charge in [0.25, 0.3) is 0 Å².